The normalized spacial score (nSPS) is 22.1. The van der Waals surface area contributed by atoms with Crippen LogP contribution in [0.15, 0.2) is 18.2 Å². The van der Waals surface area contributed by atoms with Crippen molar-refractivity contribution in [2.75, 3.05) is 4.90 Å². The summed E-state index contributed by atoms with van der Waals surface area (Å²) < 4.78 is 0. The van der Waals surface area contributed by atoms with Gasteiger partial charge >= 0.3 is 0 Å². The number of rotatable bonds is 2. The van der Waals surface area contributed by atoms with Crippen LogP contribution in [-0.4, -0.2) is 17.5 Å². The number of carbonyl (C=O) groups is 1. The number of nitrogens with zero attached hydrogens (tertiary/aromatic N) is 1. The predicted molar refractivity (Wildman–Crippen MR) is 82.6 cm³/mol. The van der Waals surface area contributed by atoms with Crippen LogP contribution in [-0.2, 0) is 4.79 Å². The summed E-state index contributed by atoms with van der Waals surface area (Å²) in [7, 11) is 0. The number of nitrogens with two attached hydrogens (primary N) is 1. The predicted octanol–water partition coefficient (Wildman–Crippen LogP) is 2.47. The quantitative estimate of drug-likeness (QED) is 0.495. The van der Waals surface area contributed by atoms with E-state index in [0.29, 0.717) is 5.92 Å². The number of nitrogens with one attached hydrogen (secondary N) is 1. The van der Waals surface area contributed by atoms with Crippen molar-refractivity contribution in [1.29, 1.82) is 0 Å². The summed E-state index contributed by atoms with van der Waals surface area (Å²) in [6.45, 7) is 10.7. The van der Waals surface area contributed by atoms with E-state index >= 15 is 0 Å². The molecule has 2 atom stereocenters. The first-order chi connectivity index (χ1) is 9.29. The number of aryl methyl sites for hydroxylation is 1. The minimum Gasteiger partial charge on any atom is -0.354 e. The summed E-state index contributed by atoms with van der Waals surface area (Å²) in [6, 6.07) is 6.08. The van der Waals surface area contributed by atoms with Crippen molar-refractivity contribution in [2.24, 2.45) is 5.84 Å². The number of hydrazine groups is 1. The Labute approximate surface area is 121 Å². The van der Waals surface area contributed by atoms with E-state index in [2.05, 4.69) is 56.2 Å². The maximum Gasteiger partial charge on any atom is 0.256 e. The summed E-state index contributed by atoms with van der Waals surface area (Å²) in [5.74, 6) is 5.67. The summed E-state index contributed by atoms with van der Waals surface area (Å²) in [6.07, 6.45) is 1.02. The molecule has 0 aromatic heterocycles. The molecular formula is C16H25N3O. The number of anilines is 1. The van der Waals surface area contributed by atoms with E-state index in [4.69, 9.17) is 5.84 Å². The first kappa shape index (κ1) is 14.9. The zero-order valence-electron chi connectivity index (χ0n) is 13.0. The van der Waals surface area contributed by atoms with Gasteiger partial charge in [-0.1, -0.05) is 25.1 Å². The van der Waals surface area contributed by atoms with E-state index in [0.717, 1.165) is 6.42 Å². The lowest BCUT2D eigenvalue weighted by Gasteiger charge is -2.50. The molecule has 1 aliphatic rings. The molecule has 0 unspecified atom stereocenters. The van der Waals surface area contributed by atoms with Gasteiger partial charge in [0.25, 0.3) is 5.91 Å². The van der Waals surface area contributed by atoms with Crippen LogP contribution in [0, 0.1) is 6.92 Å². The van der Waals surface area contributed by atoms with E-state index in [1.165, 1.54) is 16.8 Å². The van der Waals surface area contributed by atoms with Gasteiger partial charge in [0.1, 0.15) is 6.04 Å². The number of hydrogen-bond donors (Lipinski definition) is 2. The number of carbonyl (C=O) groups excluding carboxylic acids is 1. The smallest absolute Gasteiger partial charge is 0.256 e. The highest BCUT2D eigenvalue weighted by atomic mass is 16.2. The van der Waals surface area contributed by atoms with Crippen LogP contribution in [0.3, 0.4) is 0 Å². The SMILES string of the molecule is Cc1cccc2c1N([C@H](C)C(=O)NN)C(C)(C)C[C@@H]2C. The average molecular weight is 275 g/mol. The van der Waals surface area contributed by atoms with Crippen LogP contribution in [0.2, 0.25) is 0 Å². The molecule has 0 saturated heterocycles. The van der Waals surface area contributed by atoms with Gasteiger partial charge in [-0.05, 0) is 51.2 Å². The summed E-state index contributed by atoms with van der Waals surface area (Å²) in [5.41, 5.74) is 5.92. The number of amides is 1. The van der Waals surface area contributed by atoms with Crippen molar-refractivity contribution in [2.45, 2.75) is 58.5 Å². The van der Waals surface area contributed by atoms with Gasteiger partial charge in [-0.15, -0.1) is 0 Å². The fraction of sp³-hybridized carbons (Fsp3) is 0.562. The highest BCUT2D eigenvalue weighted by molar-refractivity contribution is 5.86. The minimum atomic E-state index is -0.289. The zero-order chi connectivity index (χ0) is 15.1. The number of benzene rings is 1. The molecular weight excluding hydrogens is 250 g/mol. The van der Waals surface area contributed by atoms with Crippen molar-refractivity contribution >= 4 is 11.6 Å². The lowest BCUT2D eigenvalue weighted by Crippen LogP contribution is -2.58. The maximum atomic E-state index is 12.0. The second kappa shape index (κ2) is 5.09. The first-order valence-electron chi connectivity index (χ1n) is 7.19. The Balaban J connectivity index is 2.59. The lowest BCUT2D eigenvalue weighted by atomic mass is 9.78. The molecule has 0 fully saturated rings. The molecule has 4 nitrogen and oxygen atoms in total. The standard InChI is InChI=1S/C16H25N3O/c1-10-7-6-8-13-11(2)9-16(4,5)19(14(10)13)12(3)15(20)18-17/h6-8,11-12H,9,17H2,1-5H3,(H,18,20)/t11-,12+/m0/s1. The van der Waals surface area contributed by atoms with Crippen LogP contribution in [0.4, 0.5) is 5.69 Å². The molecule has 1 aromatic rings. The van der Waals surface area contributed by atoms with E-state index in [1.807, 2.05) is 6.92 Å². The highest BCUT2D eigenvalue weighted by Crippen LogP contribution is 2.45. The molecule has 0 bridgehead atoms. The average Bonchev–Trinajstić information content (AvgIpc) is 2.37. The molecule has 0 spiro atoms. The van der Waals surface area contributed by atoms with Crippen molar-refractivity contribution < 1.29 is 4.79 Å². The third-order valence-electron chi connectivity index (χ3n) is 4.41. The molecule has 1 heterocycles. The zero-order valence-corrected chi connectivity index (χ0v) is 13.0. The summed E-state index contributed by atoms with van der Waals surface area (Å²) in [5, 5.41) is 0. The van der Waals surface area contributed by atoms with E-state index < -0.39 is 0 Å². The topological polar surface area (TPSA) is 58.4 Å². The number of hydrogen-bond acceptors (Lipinski definition) is 3. The molecule has 3 N–H and O–H groups in total. The van der Waals surface area contributed by atoms with Gasteiger partial charge in [0.2, 0.25) is 0 Å². The number of fused-ring (bicyclic) bond motifs is 1. The van der Waals surface area contributed by atoms with Gasteiger partial charge < -0.3 is 4.90 Å². The van der Waals surface area contributed by atoms with Gasteiger partial charge in [-0.3, -0.25) is 10.2 Å². The molecule has 0 radical (unpaired) electrons. The Morgan fingerprint density at radius 1 is 1.50 bits per heavy atom. The van der Waals surface area contributed by atoms with Gasteiger partial charge in [-0.25, -0.2) is 5.84 Å². The molecule has 1 aliphatic heterocycles. The van der Waals surface area contributed by atoms with Crippen LogP contribution < -0.4 is 16.2 Å². The van der Waals surface area contributed by atoms with Gasteiger partial charge in [0.05, 0.1) is 0 Å². The van der Waals surface area contributed by atoms with Crippen LogP contribution in [0.25, 0.3) is 0 Å². The summed E-state index contributed by atoms with van der Waals surface area (Å²) >= 11 is 0. The van der Waals surface area contributed by atoms with Crippen molar-refractivity contribution in [3.8, 4) is 0 Å². The van der Waals surface area contributed by atoms with Crippen LogP contribution in [0.5, 0.6) is 0 Å². The van der Waals surface area contributed by atoms with E-state index in [-0.39, 0.29) is 17.5 Å². The van der Waals surface area contributed by atoms with Crippen LogP contribution >= 0.6 is 0 Å². The molecule has 1 amide bonds. The molecule has 0 aliphatic carbocycles. The largest absolute Gasteiger partial charge is 0.354 e. The van der Waals surface area contributed by atoms with Crippen molar-refractivity contribution in [3.05, 3.63) is 29.3 Å². The maximum absolute atomic E-state index is 12.0. The fourth-order valence-electron chi connectivity index (χ4n) is 3.62. The molecule has 110 valence electrons. The van der Waals surface area contributed by atoms with Crippen LogP contribution in [0.1, 0.15) is 51.2 Å². The third kappa shape index (κ3) is 2.29. The molecule has 20 heavy (non-hydrogen) atoms. The Kier molecular flexibility index (Phi) is 3.78. The second-order valence-electron chi connectivity index (χ2n) is 6.48. The lowest BCUT2D eigenvalue weighted by molar-refractivity contribution is -0.122. The van der Waals surface area contributed by atoms with Gasteiger partial charge in [0, 0.05) is 11.2 Å². The number of para-hydroxylation sites is 1. The van der Waals surface area contributed by atoms with E-state index in [9.17, 15) is 4.79 Å². The highest BCUT2D eigenvalue weighted by Gasteiger charge is 2.41. The molecule has 2 rings (SSSR count). The van der Waals surface area contributed by atoms with Crippen molar-refractivity contribution in [1.82, 2.24) is 5.43 Å². The molecule has 1 aromatic carbocycles. The van der Waals surface area contributed by atoms with E-state index in [1.54, 1.807) is 0 Å². The van der Waals surface area contributed by atoms with Gasteiger partial charge in [0.15, 0.2) is 0 Å². The van der Waals surface area contributed by atoms with Crippen molar-refractivity contribution in [3.63, 3.8) is 0 Å². The monoisotopic (exact) mass is 275 g/mol. The Bertz CT molecular complexity index is 524. The summed E-state index contributed by atoms with van der Waals surface area (Å²) in [4.78, 5) is 14.2. The Morgan fingerprint density at radius 3 is 2.75 bits per heavy atom. The molecule has 0 saturated carbocycles. The van der Waals surface area contributed by atoms with Gasteiger partial charge in [-0.2, -0.15) is 0 Å². The minimum absolute atomic E-state index is 0.0789. The fourth-order valence-corrected chi connectivity index (χ4v) is 3.62. The first-order valence-corrected chi connectivity index (χ1v) is 7.19. The Morgan fingerprint density at radius 2 is 2.15 bits per heavy atom. The molecule has 4 heteroatoms. The second-order valence-corrected chi connectivity index (χ2v) is 6.48. The third-order valence-corrected chi connectivity index (χ3v) is 4.41. The Hall–Kier alpha value is -1.55.